The van der Waals surface area contributed by atoms with E-state index < -0.39 is 5.82 Å². The van der Waals surface area contributed by atoms with E-state index in [1.165, 1.54) is 12.1 Å². The van der Waals surface area contributed by atoms with Crippen molar-refractivity contribution in [1.29, 1.82) is 0 Å². The Bertz CT molecular complexity index is 462. The molecule has 1 unspecified atom stereocenters. The molecule has 1 fully saturated rings. The van der Waals surface area contributed by atoms with Gasteiger partial charge >= 0.3 is 0 Å². The molecule has 1 aliphatic rings. The molecular weight excluding hydrogens is 263 g/mol. The van der Waals surface area contributed by atoms with Crippen molar-refractivity contribution in [1.82, 2.24) is 5.32 Å². The summed E-state index contributed by atoms with van der Waals surface area (Å²) in [6.45, 7) is 4.12. The maximum Gasteiger partial charge on any atom is 0.226 e. The van der Waals surface area contributed by atoms with Crippen LogP contribution in [0.3, 0.4) is 0 Å². The van der Waals surface area contributed by atoms with Crippen LogP contribution in [-0.4, -0.2) is 38.3 Å². The number of nitrogens with one attached hydrogen (secondary N) is 2. The second-order valence-electron chi connectivity index (χ2n) is 4.56. The summed E-state index contributed by atoms with van der Waals surface area (Å²) < 4.78 is 24.0. The Morgan fingerprint density at radius 2 is 2.45 bits per heavy atom. The van der Waals surface area contributed by atoms with Gasteiger partial charge in [-0.05, 0) is 19.1 Å². The standard InChI is InChI=1S/C14H19FN2O3/c1-2-20-13-4-3-10(7-12(13)15)17-14(18)8-11-9-19-6-5-16-11/h3-4,7,11,16H,2,5-6,8-9H2,1H3,(H,17,18). The summed E-state index contributed by atoms with van der Waals surface area (Å²) >= 11 is 0. The third-order valence-corrected chi connectivity index (χ3v) is 2.95. The predicted molar refractivity (Wildman–Crippen MR) is 73.4 cm³/mol. The molecule has 6 heteroatoms. The van der Waals surface area contributed by atoms with Crippen LogP contribution in [0.15, 0.2) is 18.2 Å². The zero-order valence-electron chi connectivity index (χ0n) is 11.4. The van der Waals surface area contributed by atoms with Crippen molar-refractivity contribution >= 4 is 11.6 Å². The zero-order valence-corrected chi connectivity index (χ0v) is 11.4. The Kier molecular flexibility index (Phi) is 5.31. The SMILES string of the molecule is CCOc1ccc(NC(=O)CC2COCCN2)cc1F. The van der Waals surface area contributed by atoms with Crippen LogP contribution in [0.25, 0.3) is 0 Å². The van der Waals surface area contributed by atoms with Crippen molar-refractivity contribution in [2.24, 2.45) is 0 Å². The van der Waals surface area contributed by atoms with Gasteiger partial charge in [0.1, 0.15) is 0 Å². The number of hydrogen-bond acceptors (Lipinski definition) is 4. The maximum atomic E-state index is 13.6. The summed E-state index contributed by atoms with van der Waals surface area (Å²) in [4.78, 5) is 11.8. The average Bonchev–Trinajstić information content (AvgIpc) is 2.43. The van der Waals surface area contributed by atoms with Gasteiger partial charge in [0, 0.05) is 30.8 Å². The Balaban J connectivity index is 1.88. The van der Waals surface area contributed by atoms with E-state index in [9.17, 15) is 9.18 Å². The number of halogens is 1. The number of carbonyl (C=O) groups excluding carboxylic acids is 1. The highest BCUT2D eigenvalue weighted by atomic mass is 19.1. The van der Waals surface area contributed by atoms with Gasteiger partial charge in [-0.2, -0.15) is 0 Å². The Morgan fingerprint density at radius 1 is 1.60 bits per heavy atom. The molecule has 2 N–H and O–H groups in total. The Hall–Kier alpha value is -1.66. The summed E-state index contributed by atoms with van der Waals surface area (Å²) in [5.74, 6) is -0.465. The number of ether oxygens (including phenoxy) is 2. The lowest BCUT2D eigenvalue weighted by Gasteiger charge is -2.23. The largest absolute Gasteiger partial charge is 0.491 e. The average molecular weight is 282 g/mol. The summed E-state index contributed by atoms with van der Waals surface area (Å²) in [5.41, 5.74) is 0.424. The van der Waals surface area contributed by atoms with Crippen molar-refractivity contribution < 1.29 is 18.7 Å². The number of hydrogen-bond donors (Lipinski definition) is 2. The molecule has 110 valence electrons. The van der Waals surface area contributed by atoms with Crippen LogP contribution in [-0.2, 0) is 9.53 Å². The van der Waals surface area contributed by atoms with E-state index in [1.807, 2.05) is 0 Å². The van der Waals surface area contributed by atoms with Crippen LogP contribution in [0.5, 0.6) is 5.75 Å². The molecule has 2 rings (SSSR count). The van der Waals surface area contributed by atoms with Gasteiger partial charge in [-0.15, -0.1) is 0 Å². The number of carbonyl (C=O) groups is 1. The van der Waals surface area contributed by atoms with Crippen LogP contribution in [0.2, 0.25) is 0 Å². The highest BCUT2D eigenvalue weighted by Gasteiger charge is 2.17. The van der Waals surface area contributed by atoms with E-state index in [1.54, 1.807) is 13.0 Å². The minimum Gasteiger partial charge on any atom is -0.491 e. The van der Waals surface area contributed by atoms with Gasteiger partial charge in [-0.1, -0.05) is 0 Å². The van der Waals surface area contributed by atoms with Crippen LogP contribution in [0.4, 0.5) is 10.1 Å². The lowest BCUT2D eigenvalue weighted by Crippen LogP contribution is -2.43. The van der Waals surface area contributed by atoms with Gasteiger partial charge in [0.15, 0.2) is 11.6 Å². The molecule has 20 heavy (non-hydrogen) atoms. The zero-order chi connectivity index (χ0) is 14.4. The van der Waals surface area contributed by atoms with Crippen LogP contribution < -0.4 is 15.4 Å². The number of amides is 1. The molecular formula is C14H19FN2O3. The molecule has 0 spiro atoms. The number of rotatable bonds is 5. The second-order valence-corrected chi connectivity index (χ2v) is 4.56. The quantitative estimate of drug-likeness (QED) is 0.860. The van der Waals surface area contributed by atoms with E-state index in [0.29, 0.717) is 31.9 Å². The first-order valence-corrected chi connectivity index (χ1v) is 6.72. The number of anilines is 1. The fourth-order valence-corrected chi connectivity index (χ4v) is 2.04. The highest BCUT2D eigenvalue weighted by molar-refractivity contribution is 5.91. The Morgan fingerprint density at radius 3 is 3.10 bits per heavy atom. The molecule has 1 aromatic rings. The number of benzene rings is 1. The van der Waals surface area contributed by atoms with Gasteiger partial charge in [-0.25, -0.2) is 4.39 Å². The van der Waals surface area contributed by atoms with Crippen molar-refractivity contribution in [3.63, 3.8) is 0 Å². The fourth-order valence-electron chi connectivity index (χ4n) is 2.04. The molecule has 0 aliphatic carbocycles. The molecule has 1 aliphatic heterocycles. The smallest absolute Gasteiger partial charge is 0.226 e. The third-order valence-electron chi connectivity index (χ3n) is 2.95. The molecule has 1 heterocycles. The lowest BCUT2D eigenvalue weighted by atomic mass is 10.2. The third kappa shape index (κ3) is 4.18. The minimum absolute atomic E-state index is 0.0105. The van der Waals surface area contributed by atoms with E-state index in [-0.39, 0.29) is 17.7 Å². The first-order chi connectivity index (χ1) is 9.69. The molecule has 1 atom stereocenters. The summed E-state index contributed by atoms with van der Waals surface area (Å²) in [6.07, 6.45) is 0.300. The fraction of sp³-hybridized carbons (Fsp3) is 0.500. The summed E-state index contributed by atoms with van der Waals surface area (Å²) in [6, 6.07) is 4.40. The minimum atomic E-state index is -0.483. The van der Waals surface area contributed by atoms with E-state index in [0.717, 1.165) is 6.54 Å². The summed E-state index contributed by atoms with van der Waals surface area (Å²) in [7, 11) is 0. The predicted octanol–water partition coefficient (Wildman–Crippen LogP) is 1.54. The van der Waals surface area contributed by atoms with E-state index in [4.69, 9.17) is 9.47 Å². The first-order valence-electron chi connectivity index (χ1n) is 6.72. The van der Waals surface area contributed by atoms with Crippen LogP contribution in [0, 0.1) is 5.82 Å². The molecule has 0 bridgehead atoms. The molecule has 1 saturated heterocycles. The van der Waals surface area contributed by atoms with Crippen LogP contribution in [0.1, 0.15) is 13.3 Å². The topological polar surface area (TPSA) is 59.6 Å². The normalized spacial score (nSPS) is 18.6. The Labute approximate surface area is 117 Å². The van der Waals surface area contributed by atoms with E-state index in [2.05, 4.69) is 10.6 Å². The van der Waals surface area contributed by atoms with E-state index >= 15 is 0 Å². The lowest BCUT2D eigenvalue weighted by molar-refractivity contribution is -0.117. The van der Waals surface area contributed by atoms with Gasteiger partial charge < -0.3 is 20.1 Å². The summed E-state index contributed by atoms with van der Waals surface area (Å²) in [5, 5.41) is 5.86. The van der Waals surface area contributed by atoms with Crippen molar-refractivity contribution in [2.75, 3.05) is 31.7 Å². The number of morpholine rings is 1. The maximum absolute atomic E-state index is 13.6. The van der Waals surface area contributed by atoms with Crippen LogP contribution >= 0.6 is 0 Å². The monoisotopic (exact) mass is 282 g/mol. The first kappa shape index (κ1) is 14.7. The molecule has 5 nitrogen and oxygen atoms in total. The molecule has 1 aromatic carbocycles. The second kappa shape index (κ2) is 7.21. The molecule has 0 saturated carbocycles. The highest BCUT2D eigenvalue weighted by Crippen LogP contribution is 2.21. The van der Waals surface area contributed by atoms with Gasteiger partial charge in [0.05, 0.1) is 19.8 Å². The van der Waals surface area contributed by atoms with Gasteiger partial charge in [0.2, 0.25) is 5.91 Å². The molecule has 0 radical (unpaired) electrons. The molecule has 0 aromatic heterocycles. The van der Waals surface area contributed by atoms with Crippen molar-refractivity contribution in [3.8, 4) is 5.75 Å². The van der Waals surface area contributed by atoms with Gasteiger partial charge in [-0.3, -0.25) is 4.79 Å². The van der Waals surface area contributed by atoms with Gasteiger partial charge in [0.25, 0.3) is 0 Å². The van der Waals surface area contributed by atoms with Crippen molar-refractivity contribution in [3.05, 3.63) is 24.0 Å². The molecule has 1 amide bonds. The van der Waals surface area contributed by atoms with Crippen molar-refractivity contribution in [2.45, 2.75) is 19.4 Å².